The molecular weight excluding hydrogens is 259 g/mol. The molecule has 0 saturated heterocycles. The van der Waals surface area contributed by atoms with Crippen molar-refractivity contribution in [2.45, 2.75) is 13.1 Å². The topological polar surface area (TPSA) is 54.7 Å². The molecule has 19 heavy (non-hydrogen) atoms. The second-order valence-corrected chi connectivity index (χ2v) is 4.19. The maximum Gasteiger partial charge on any atom is 0.455 e. The first-order chi connectivity index (χ1) is 8.93. The number of aromatic amines is 1. The van der Waals surface area contributed by atoms with Gasteiger partial charge in [-0.15, -0.1) is 0 Å². The van der Waals surface area contributed by atoms with Gasteiger partial charge in [-0.3, -0.25) is 0 Å². The molecule has 0 aliphatic heterocycles. The molecule has 0 radical (unpaired) electrons. The maximum absolute atomic E-state index is 12.4. The van der Waals surface area contributed by atoms with Crippen molar-refractivity contribution < 1.29 is 17.7 Å². The van der Waals surface area contributed by atoms with Gasteiger partial charge in [0, 0.05) is 10.9 Å². The van der Waals surface area contributed by atoms with Crippen molar-refractivity contribution in [3.63, 3.8) is 0 Å². The van der Waals surface area contributed by atoms with Crippen LogP contribution in [0.5, 0.6) is 0 Å². The number of nitrogens with zero attached hydrogens (tertiary/aromatic N) is 2. The monoisotopic (exact) mass is 267 g/mol. The average Bonchev–Trinajstić information content (AvgIpc) is 2.92. The van der Waals surface area contributed by atoms with Crippen molar-refractivity contribution in [3.05, 3.63) is 35.7 Å². The summed E-state index contributed by atoms with van der Waals surface area (Å²) in [5, 5.41) is 3.79. The first-order valence-corrected chi connectivity index (χ1v) is 5.44. The van der Waals surface area contributed by atoms with Crippen LogP contribution < -0.4 is 0 Å². The molecule has 2 aromatic heterocycles. The Bertz CT molecular complexity index is 742. The van der Waals surface area contributed by atoms with Crippen molar-refractivity contribution in [1.29, 1.82) is 0 Å². The molecule has 0 saturated carbocycles. The van der Waals surface area contributed by atoms with Crippen LogP contribution in [-0.2, 0) is 6.18 Å². The van der Waals surface area contributed by atoms with Gasteiger partial charge >= 0.3 is 6.18 Å². The zero-order valence-corrected chi connectivity index (χ0v) is 9.75. The molecule has 0 bridgehead atoms. The molecule has 3 rings (SSSR count). The molecule has 1 aromatic carbocycles. The van der Waals surface area contributed by atoms with Gasteiger partial charge < -0.3 is 9.51 Å². The van der Waals surface area contributed by atoms with E-state index in [0.29, 0.717) is 5.69 Å². The highest BCUT2D eigenvalue weighted by Gasteiger charge is 2.37. The Hall–Kier alpha value is -2.31. The van der Waals surface area contributed by atoms with E-state index in [4.69, 9.17) is 0 Å². The third-order valence-electron chi connectivity index (χ3n) is 2.69. The summed E-state index contributed by atoms with van der Waals surface area (Å²) in [6, 6.07) is 7.34. The number of rotatable bonds is 1. The SMILES string of the molecule is Cc1ccc2cc(-c3nc(C(F)(F)F)no3)[nH]c2c1. The number of alkyl halides is 3. The van der Waals surface area contributed by atoms with E-state index in [1.165, 1.54) is 0 Å². The fraction of sp³-hybridized carbons (Fsp3) is 0.167. The molecule has 2 heterocycles. The van der Waals surface area contributed by atoms with E-state index in [1.807, 2.05) is 25.1 Å². The average molecular weight is 267 g/mol. The lowest BCUT2D eigenvalue weighted by molar-refractivity contribution is -0.146. The predicted octanol–water partition coefficient (Wildman–Crippen LogP) is 3.55. The first kappa shape index (κ1) is 11.8. The van der Waals surface area contributed by atoms with E-state index in [2.05, 4.69) is 19.6 Å². The van der Waals surface area contributed by atoms with Gasteiger partial charge in [0.1, 0.15) is 5.69 Å². The lowest BCUT2D eigenvalue weighted by atomic mass is 10.2. The summed E-state index contributed by atoms with van der Waals surface area (Å²) in [6.07, 6.45) is -4.61. The quantitative estimate of drug-likeness (QED) is 0.733. The van der Waals surface area contributed by atoms with Crippen molar-refractivity contribution in [3.8, 4) is 11.6 Å². The summed E-state index contributed by atoms with van der Waals surface area (Å²) in [4.78, 5) is 6.29. The molecule has 7 heteroatoms. The second-order valence-electron chi connectivity index (χ2n) is 4.19. The van der Waals surface area contributed by atoms with Gasteiger partial charge in [-0.1, -0.05) is 17.3 Å². The normalized spacial score (nSPS) is 12.2. The number of hydrogen-bond donors (Lipinski definition) is 1. The highest BCUT2D eigenvalue weighted by atomic mass is 19.4. The Balaban J connectivity index is 2.07. The molecule has 0 aliphatic rings. The number of aryl methyl sites for hydroxylation is 1. The van der Waals surface area contributed by atoms with E-state index < -0.39 is 12.0 Å². The lowest BCUT2D eigenvalue weighted by Gasteiger charge is -1.95. The smallest absolute Gasteiger partial charge is 0.351 e. The van der Waals surface area contributed by atoms with E-state index in [9.17, 15) is 13.2 Å². The number of aromatic nitrogens is 3. The summed E-state index contributed by atoms with van der Waals surface area (Å²) >= 11 is 0. The van der Waals surface area contributed by atoms with Crippen LogP contribution >= 0.6 is 0 Å². The molecule has 0 amide bonds. The Kier molecular flexibility index (Phi) is 2.38. The summed E-state index contributed by atoms with van der Waals surface area (Å²) in [6.45, 7) is 1.93. The Morgan fingerprint density at radius 3 is 2.68 bits per heavy atom. The van der Waals surface area contributed by atoms with Crippen LogP contribution in [0.1, 0.15) is 11.4 Å². The van der Waals surface area contributed by atoms with Crippen LogP contribution in [0.15, 0.2) is 28.8 Å². The molecule has 0 spiro atoms. The summed E-state index contributed by atoms with van der Waals surface area (Å²) in [5.74, 6) is -1.46. The van der Waals surface area contributed by atoms with Crippen molar-refractivity contribution in [1.82, 2.24) is 15.1 Å². The van der Waals surface area contributed by atoms with Gasteiger partial charge in [-0.25, -0.2) is 0 Å². The van der Waals surface area contributed by atoms with Gasteiger partial charge in [-0.05, 0) is 24.6 Å². The van der Waals surface area contributed by atoms with Crippen LogP contribution in [0.4, 0.5) is 13.2 Å². The highest BCUT2D eigenvalue weighted by Crippen LogP contribution is 2.29. The standard InChI is InChI=1S/C12H8F3N3O/c1-6-2-3-7-5-9(16-8(7)4-6)10-17-11(18-19-10)12(13,14)15/h2-5,16H,1H3. The third kappa shape index (κ3) is 2.07. The van der Waals surface area contributed by atoms with Crippen molar-refractivity contribution in [2.75, 3.05) is 0 Å². The first-order valence-electron chi connectivity index (χ1n) is 5.44. The molecule has 0 atom stereocenters. The molecule has 1 N–H and O–H groups in total. The molecule has 0 fully saturated rings. The number of nitrogens with one attached hydrogen (secondary N) is 1. The summed E-state index contributed by atoms with van der Waals surface area (Å²) in [7, 11) is 0. The number of fused-ring (bicyclic) bond motifs is 1. The predicted molar refractivity (Wildman–Crippen MR) is 61.3 cm³/mol. The largest absolute Gasteiger partial charge is 0.455 e. The van der Waals surface area contributed by atoms with Gasteiger partial charge in [-0.2, -0.15) is 18.2 Å². The van der Waals surface area contributed by atoms with E-state index >= 15 is 0 Å². The Labute approximate surface area is 105 Å². The number of hydrogen-bond acceptors (Lipinski definition) is 3. The Morgan fingerprint density at radius 1 is 1.21 bits per heavy atom. The fourth-order valence-electron chi connectivity index (χ4n) is 1.80. The van der Waals surface area contributed by atoms with Crippen LogP contribution in [0.2, 0.25) is 0 Å². The molecule has 3 aromatic rings. The highest BCUT2D eigenvalue weighted by molar-refractivity contribution is 5.84. The second kappa shape index (κ2) is 3.84. The van der Waals surface area contributed by atoms with Gasteiger partial charge in [0.05, 0.1) is 0 Å². The number of benzene rings is 1. The lowest BCUT2D eigenvalue weighted by Crippen LogP contribution is -2.07. The van der Waals surface area contributed by atoms with Crippen LogP contribution in [0.25, 0.3) is 22.5 Å². The number of H-pyrrole nitrogens is 1. The van der Waals surface area contributed by atoms with E-state index in [-0.39, 0.29) is 5.89 Å². The zero-order chi connectivity index (χ0) is 13.6. The van der Waals surface area contributed by atoms with Gasteiger partial charge in [0.15, 0.2) is 0 Å². The minimum absolute atomic E-state index is 0.179. The third-order valence-corrected chi connectivity index (χ3v) is 2.69. The maximum atomic E-state index is 12.4. The Morgan fingerprint density at radius 2 is 2.00 bits per heavy atom. The molecule has 4 nitrogen and oxygen atoms in total. The fourth-order valence-corrected chi connectivity index (χ4v) is 1.80. The van der Waals surface area contributed by atoms with E-state index in [0.717, 1.165) is 16.5 Å². The van der Waals surface area contributed by atoms with Crippen LogP contribution in [0, 0.1) is 6.92 Å². The summed E-state index contributed by atoms with van der Waals surface area (Å²) < 4.78 is 41.8. The van der Waals surface area contributed by atoms with Crippen molar-refractivity contribution in [2.24, 2.45) is 0 Å². The van der Waals surface area contributed by atoms with Crippen LogP contribution in [-0.4, -0.2) is 15.1 Å². The minimum atomic E-state index is -4.61. The zero-order valence-electron chi connectivity index (χ0n) is 9.75. The summed E-state index contributed by atoms with van der Waals surface area (Å²) in [5.41, 5.74) is 2.22. The molecule has 0 unspecified atom stereocenters. The van der Waals surface area contributed by atoms with Gasteiger partial charge in [0.25, 0.3) is 11.7 Å². The molecular formula is C12H8F3N3O. The number of halogens is 3. The minimum Gasteiger partial charge on any atom is -0.351 e. The van der Waals surface area contributed by atoms with Crippen molar-refractivity contribution >= 4 is 10.9 Å². The van der Waals surface area contributed by atoms with Gasteiger partial charge in [0.2, 0.25) is 0 Å². The van der Waals surface area contributed by atoms with E-state index in [1.54, 1.807) is 6.07 Å². The van der Waals surface area contributed by atoms with Crippen LogP contribution in [0.3, 0.4) is 0 Å². The molecule has 0 aliphatic carbocycles. The molecule has 98 valence electrons.